The van der Waals surface area contributed by atoms with Crippen LogP contribution in [0.3, 0.4) is 0 Å². The molecule has 0 fully saturated rings. The molecule has 0 spiro atoms. The van der Waals surface area contributed by atoms with Crippen molar-refractivity contribution in [2.24, 2.45) is 0 Å². The van der Waals surface area contributed by atoms with E-state index in [-0.39, 0.29) is 25.7 Å². The molecule has 5 unspecified atom stereocenters. The number of rotatable bonds is 75. The minimum absolute atomic E-state index is 0.0834. The lowest BCUT2D eigenvalue weighted by molar-refractivity contribution is -0.161. The number of ether oxygens (including phenoxy) is 4. The van der Waals surface area contributed by atoms with Crippen LogP contribution < -0.4 is 0 Å². The molecule has 0 amide bonds. The lowest BCUT2D eigenvalue weighted by atomic mass is 10.0. The molecule has 0 saturated heterocycles. The van der Waals surface area contributed by atoms with Gasteiger partial charge in [-0.05, 0) is 109 Å². The molecule has 0 rings (SSSR count). The van der Waals surface area contributed by atoms with Gasteiger partial charge in [-0.2, -0.15) is 0 Å². The number of esters is 4. The number of allylic oxidation sites excluding steroid dienone is 10. The Bertz CT molecular complexity index is 2100. The van der Waals surface area contributed by atoms with Crippen molar-refractivity contribution in [3.63, 3.8) is 0 Å². The van der Waals surface area contributed by atoms with E-state index in [1.54, 1.807) is 0 Å². The quantitative estimate of drug-likeness (QED) is 0.0169. The number of carbonyl (C=O) groups excluding carboxylic acids is 4. The average molecular weight is 1430 g/mol. The zero-order valence-electron chi connectivity index (χ0n) is 62.5. The summed E-state index contributed by atoms with van der Waals surface area (Å²) in [5.74, 6) is -2.18. The summed E-state index contributed by atoms with van der Waals surface area (Å²) < 4.78 is 68.5. The van der Waals surface area contributed by atoms with Crippen LogP contribution in [0.2, 0.25) is 0 Å². The van der Waals surface area contributed by atoms with Crippen molar-refractivity contribution in [2.45, 2.75) is 380 Å². The molecule has 17 nitrogen and oxygen atoms in total. The molecule has 0 bridgehead atoms. The summed E-state index contributed by atoms with van der Waals surface area (Å²) in [5.41, 5.74) is 0. The summed E-state index contributed by atoms with van der Waals surface area (Å²) in [6.45, 7) is 4.80. The number of unbranched alkanes of at least 4 members (excludes halogenated alkanes) is 39. The third-order valence-corrected chi connectivity index (χ3v) is 18.8. The van der Waals surface area contributed by atoms with E-state index in [0.29, 0.717) is 25.7 Å². The van der Waals surface area contributed by atoms with E-state index < -0.39 is 97.5 Å². The highest BCUT2D eigenvalue weighted by Crippen LogP contribution is 2.45. The fourth-order valence-electron chi connectivity index (χ4n) is 10.9. The molecular weight excluding hydrogens is 1280 g/mol. The predicted octanol–water partition coefficient (Wildman–Crippen LogP) is 22.7. The molecule has 19 heteroatoms. The van der Waals surface area contributed by atoms with Crippen molar-refractivity contribution in [1.29, 1.82) is 0 Å². The highest BCUT2D eigenvalue weighted by atomic mass is 31.2. The first kappa shape index (κ1) is 94.8. The SMILES string of the molecule is CCC/C=C\C/C=C\CCCCCCCC(=O)OC(COC(=O)CCCCCCCCCCCCCCCCC)COP(=O)(O)OCC(O)COP(=O)(O)OCC(COC(=O)CCCCCCC/C=C\C/C=C\CCCCC)OC(=O)CCCCCCC/C=C\CCCCCCCC. The number of aliphatic hydroxyl groups excluding tert-OH is 1. The molecule has 0 aromatic rings. The maximum absolute atomic E-state index is 13.1. The summed E-state index contributed by atoms with van der Waals surface area (Å²) in [6.07, 6.45) is 70.5. The maximum atomic E-state index is 13.1. The molecule has 0 aliphatic rings. The van der Waals surface area contributed by atoms with E-state index >= 15 is 0 Å². The molecule has 0 heterocycles. The molecule has 0 saturated carbocycles. The molecule has 572 valence electrons. The zero-order valence-corrected chi connectivity index (χ0v) is 64.3. The van der Waals surface area contributed by atoms with E-state index in [0.717, 1.165) is 154 Å². The third kappa shape index (κ3) is 71.2. The number of hydrogen-bond acceptors (Lipinski definition) is 15. The second-order valence-corrected chi connectivity index (χ2v) is 29.6. The van der Waals surface area contributed by atoms with Crippen LogP contribution in [0.15, 0.2) is 60.8 Å². The van der Waals surface area contributed by atoms with Crippen molar-refractivity contribution < 1.29 is 80.2 Å². The molecule has 0 aromatic carbocycles. The van der Waals surface area contributed by atoms with Crippen molar-refractivity contribution in [3.05, 3.63) is 60.8 Å². The van der Waals surface area contributed by atoms with Crippen LogP contribution in [-0.4, -0.2) is 96.7 Å². The molecule has 98 heavy (non-hydrogen) atoms. The van der Waals surface area contributed by atoms with Gasteiger partial charge in [0.05, 0.1) is 26.4 Å². The lowest BCUT2D eigenvalue weighted by Gasteiger charge is -2.21. The Balaban J connectivity index is 5.33. The second-order valence-electron chi connectivity index (χ2n) is 26.7. The van der Waals surface area contributed by atoms with E-state index in [1.165, 1.54) is 128 Å². The number of aliphatic hydroxyl groups is 1. The van der Waals surface area contributed by atoms with Crippen LogP contribution in [0, 0.1) is 0 Å². The fourth-order valence-corrected chi connectivity index (χ4v) is 12.5. The fraction of sp³-hybridized carbons (Fsp3) is 0.823. The Morgan fingerprint density at radius 1 is 0.286 bits per heavy atom. The molecule has 0 aliphatic carbocycles. The number of phosphoric ester groups is 2. The van der Waals surface area contributed by atoms with Gasteiger partial charge in [-0.15, -0.1) is 0 Å². The van der Waals surface area contributed by atoms with Crippen molar-refractivity contribution in [3.8, 4) is 0 Å². The minimum Gasteiger partial charge on any atom is -0.462 e. The van der Waals surface area contributed by atoms with Gasteiger partial charge < -0.3 is 33.8 Å². The van der Waals surface area contributed by atoms with Gasteiger partial charge in [0.2, 0.25) is 0 Å². The van der Waals surface area contributed by atoms with Crippen LogP contribution in [0.25, 0.3) is 0 Å². The largest absolute Gasteiger partial charge is 0.472 e. The van der Waals surface area contributed by atoms with Gasteiger partial charge in [0.25, 0.3) is 0 Å². The Labute approximate surface area is 597 Å². The zero-order chi connectivity index (χ0) is 71.8. The highest BCUT2D eigenvalue weighted by molar-refractivity contribution is 7.47. The summed E-state index contributed by atoms with van der Waals surface area (Å²) in [6, 6.07) is 0. The van der Waals surface area contributed by atoms with Crippen molar-refractivity contribution in [2.75, 3.05) is 39.6 Å². The van der Waals surface area contributed by atoms with E-state index in [1.807, 2.05) is 0 Å². The Morgan fingerprint density at radius 2 is 0.520 bits per heavy atom. The molecule has 5 atom stereocenters. The summed E-state index contributed by atoms with van der Waals surface area (Å²) in [7, 11) is -9.95. The van der Waals surface area contributed by atoms with Gasteiger partial charge in [0.15, 0.2) is 12.2 Å². The standard InChI is InChI=1S/C79H144O17P2/c1-5-9-13-17-21-25-29-33-36-40-43-47-51-55-59-63-76(81)89-69-74(95-78(83)65-61-57-53-49-45-39-32-28-24-20-16-12-8-4)71-93-97(85,86)91-67-73(80)68-92-98(87,88)94-72-75(96-79(84)66-62-58-54-50-46-42-38-35-31-27-23-19-15-11-7-3)70-90-77(82)64-60-56-52-48-44-41-37-34-30-26-22-18-14-10-6-2/h16,20,22,26,28,32,34-35,37-38,73-75,80H,5-15,17-19,21,23-25,27,29-31,33,36,39-72H2,1-4H3,(H,85,86)(H,87,88)/b20-16-,26-22-,32-28-,37-34-,38-35-. The van der Waals surface area contributed by atoms with E-state index in [4.69, 9.17) is 37.0 Å². The Kier molecular flexibility index (Phi) is 69.7. The topological polar surface area (TPSA) is 237 Å². The smallest absolute Gasteiger partial charge is 0.462 e. The minimum atomic E-state index is -4.97. The normalized spacial score (nSPS) is 14.2. The molecular formula is C79H144O17P2. The van der Waals surface area contributed by atoms with Crippen LogP contribution in [0.5, 0.6) is 0 Å². The maximum Gasteiger partial charge on any atom is 0.472 e. The first-order chi connectivity index (χ1) is 47.7. The summed E-state index contributed by atoms with van der Waals surface area (Å²) in [5, 5.41) is 10.6. The van der Waals surface area contributed by atoms with E-state index in [9.17, 15) is 43.2 Å². The van der Waals surface area contributed by atoms with Crippen LogP contribution in [0.4, 0.5) is 0 Å². The summed E-state index contributed by atoms with van der Waals surface area (Å²) in [4.78, 5) is 72.9. The highest BCUT2D eigenvalue weighted by Gasteiger charge is 2.30. The van der Waals surface area contributed by atoms with Gasteiger partial charge in [-0.1, -0.05) is 288 Å². The first-order valence-electron chi connectivity index (χ1n) is 39.5. The monoisotopic (exact) mass is 1430 g/mol. The average Bonchev–Trinajstić information content (AvgIpc) is 1.07. The number of carbonyl (C=O) groups is 4. The second kappa shape index (κ2) is 72.1. The Morgan fingerprint density at radius 3 is 0.827 bits per heavy atom. The van der Waals surface area contributed by atoms with Gasteiger partial charge in [-0.3, -0.25) is 37.3 Å². The Hall–Kier alpha value is -3.24. The van der Waals surface area contributed by atoms with Gasteiger partial charge in [0.1, 0.15) is 19.3 Å². The molecule has 0 aliphatic heterocycles. The first-order valence-corrected chi connectivity index (χ1v) is 42.5. The third-order valence-electron chi connectivity index (χ3n) is 16.9. The predicted molar refractivity (Wildman–Crippen MR) is 400 cm³/mol. The van der Waals surface area contributed by atoms with Crippen LogP contribution in [-0.2, 0) is 65.4 Å². The number of phosphoric acid groups is 2. The molecule has 3 N–H and O–H groups in total. The molecule has 0 radical (unpaired) electrons. The van der Waals surface area contributed by atoms with Crippen LogP contribution >= 0.6 is 15.6 Å². The lowest BCUT2D eigenvalue weighted by Crippen LogP contribution is -2.30. The van der Waals surface area contributed by atoms with Gasteiger partial charge in [0, 0.05) is 25.7 Å². The van der Waals surface area contributed by atoms with Crippen LogP contribution in [0.1, 0.15) is 362 Å². The van der Waals surface area contributed by atoms with Gasteiger partial charge >= 0.3 is 39.5 Å². The number of hydrogen-bond donors (Lipinski definition) is 3. The molecule has 0 aromatic heterocycles. The summed E-state index contributed by atoms with van der Waals surface area (Å²) >= 11 is 0. The van der Waals surface area contributed by atoms with Gasteiger partial charge in [-0.25, -0.2) is 9.13 Å². The van der Waals surface area contributed by atoms with Crippen molar-refractivity contribution >= 4 is 39.5 Å². The van der Waals surface area contributed by atoms with E-state index in [2.05, 4.69) is 88.5 Å². The van der Waals surface area contributed by atoms with Crippen molar-refractivity contribution in [1.82, 2.24) is 0 Å².